The average Bonchev–Trinajstić information content (AvgIpc) is 2.79. The maximum atomic E-state index is 8.77. The van der Waals surface area contributed by atoms with Crippen molar-refractivity contribution in [1.82, 2.24) is 9.55 Å². The third-order valence-corrected chi connectivity index (χ3v) is 2.99. The minimum absolute atomic E-state index is 0.583. The van der Waals surface area contributed by atoms with Crippen LogP contribution in [-0.2, 0) is 13.0 Å². The Morgan fingerprint density at radius 3 is 2.94 bits per heavy atom. The van der Waals surface area contributed by atoms with Crippen LogP contribution >= 0.6 is 11.6 Å². The lowest BCUT2D eigenvalue weighted by molar-refractivity contribution is 0.732. The maximum Gasteiger partial charge on any atom is 0.108 e. The highest BCUT2D eigenvalue weighted by molar-refractivity contribution is 6.31. The van der Waals surface area contributed by atoms with Gasteiger partial charge in [0.05, 0.1) is 18.2 Å². The Morgan fingerprint density at radius 1 is 1.47 bits per heavy atom. The summed E-state index contributed by atoms with van der Waals surface area (Å²) in [7, 11) is 0. The smallest absolute Gasteiger partial charge is 0.108 e. The third-order valence-electron chi connectivity index (χ3n) is 2.64. The van der Waals surface area contributed by atoms with Crippen molar-refractivity contribution in [2.24, 2.45) is 0 Å². The Balaban J connectivity index is 2.28. The van der Waals surface area contributed by atoms with Crippen molar-refractivity contribution in [3.8, 4) is 6.07 Å². The van der Waals surface area contributed by atoms with E-state index in [0.717, 1.165) is 17.8 Å². The van der Waals surface area contributed by atoms with Crippen LogP contribution in [-0.4, -0.2) is 9.55 Å². The summed E-state index contributed by atoms with van der Waals surface area (Å²) in [5.41, 5.74) is 1.58. The van der Waals surface area contributed by atoms with E-state index >= 15 is 0 Å². The molecule has 17 heavy (non-hydrogen) atoms. The van der Waals surface area contributed by atoms with E-state index in [1.54, 1.807) is 18.3 Å². The molecule has 2 aromatic rings. The Kier molecular flexibility index (Phi) is 3.46. The highest BCUT2D eigenvalue weighted by atomic mass is 35.5. The van der Waals surface area contributed by atoms with Crippen LogP contribution < -0.4 is 0 Å². The van der Waals surface area contributed by atoms with Gasteiger partial charge in [0.2, 0.25) is 0 Å². The quantitative estimate of drug-likeness (QED) is 0.834. The van der Waals surface area contributed by atoms with E-state index in [9.17, 15) is 0 Å². The first-order valence-electron chi connectivity index (χ1n) is 5.43. The van der Waals surface area contributed by atoms with E-state index < -0.39 is 0 Å². The zero-order valence-electron chi connectivity index (χ0n) is 9.52. The number of nitrogens with zero attached hydrogens (tertiary/aromatic N) is 3. The maximum absolute atomic E-state index is 8.77. The van der Waals surface area contributed by atoms with Crippen molar-refractivity contribution >= 4 is 11.6 Å². The van der Waals surface area contributed by atoms with Crippen LogP contribution in [0.2, 0.25) is 5.02 Å². The van der Waals surface area contributed by atoms with Crippen LogP contribution in [0.15, 0.2) is 30.6 Å². The second kappa shape index (κ2) is 5.03. The molecule has 0 saturated heterocycles. The lowest BCUT2D eigenvalue weighted by Crippen LogP contribution is -2.03. The van der Waals surface area contributed by atoms with E-state index in [0.29, 0.717) is 17.1 Å². The molecule has 1 aromatic heterocycles. The molecule has 0 unspecified atom stereocenters. The van der Waals surface area contributed by atoms with Gasteiger partial charge in [0.25, 0.3) is 0 Å². The highest BCUT2D eigenvalue weighted by Crippen LogP contribution is 2.19. The molecule has 0 atom stereocenters. The molecule has 0 saturated carbocycles. The third kappa shape index (κ3) is 2.48. The van der Waals surface area contributed by atoms with Gasteiger partial charge in [0.15, 0.2) is 0 Å². The molecular formula is C13H12ClN3. The fourth-order valence-electron chi connectivity index (χ4n) is 1.73. The largest absolute Gasteiger partial charge is 0.330 e. The molecule has 3 nitrogen and oxygen atoms in total. The Hall–Kier alpha value is -1.79. The summed E-state index contributed by atoms with van der Waals surface area (Å²) in [5.74, 6) is 1.03. The zero-order chi connectivity index (χ0) is 12.3. The summed E-state index contributed by atoms with van der Waals surface area (Å²) in [5, 5.41) is 9.39. The number of imidazole rings is 1. The molecule has 0 N–H and O–H groups in total. The second-order valence-electron chi connectivity index (χ2n) is 3.74. The monoisotopic (exact) mass is 245 g/mol. The van der Waals surface area contributed by atoms with Crippen LogP contribution in [0, 0.1) is 11.3 Å². The summed E-state index contributed by atoms with van der Waals surface area (Å²) in [6.45, 7) is 2.76. The fraction of sp³-hybridized carbons (Fsp3) is 0.231. The number of aryl methyl sites for hydroxylation is 1. The second-order valence-corrected chi connectivity index (χ2v) is 4.15. The van der Waals surface area contributed by atoms with Crippen molar-refractivity contribution in [1.29, 1.82) is 5.26 Å². The van der Waals surface area contributed by atoms with Crippen LogP contribution in [0.3, 0.4) is 0 Å². The van der Waals surface area contributed by atoms with Gasteiger partial charge in [0.1, 0.15) is 5.82 Å². The molecule has 0 fully saturated rings. The van der Waals surface area contributed by atoms with Crippen molar-refractivity contribution in [2.75, 3.05) is 0 Å². The molecule has 86 valence electrons. The van der Waals surface area contributed by atoms with Crippen LogP contribution in [0.4, 0.5) is 0 Å². The lowest BCUT2D eigenvalue weighted by atomic mass is 10.1. The van der Waals surface area contributed by atoms with Crippen LogP contribution in [0.25, 0.3) is 0 Å². The molecule has 0 aliphatic heterocycles. The van der Waals surface area contributed by atoms with Gasteiger partial charge in [-0.05, 0) is 17.7 Å². The van der Waals surface area contributed by atoms with Gasteiger partial charge in [-0.3, -0.25) is 0 Å². The molecule has 1 heterocycles. The van der Waals surface area contributed by atoms with Gasteiger partial charge in [0, 0.05) is 23.8 Å². The molecule has 0 aliphatic rings. The normalized spacial score (nSPS) is 10.2. The molecule has 0 aliphatic carbocycles. The number of rotatable bonds is 3. The molecule has 0 bridgehead atoms. The van der Waals surface area contributed by atoms with Crippen LogP contribution in [0.5, 0.6) is 0 Å². The van der Waals surface area contributed by atoms with Gasteiger partial charge < -0.3 is 4.57 Å². The standard InChI is InChI=1S/C13H12ClN3/c1-2-13-16-5-6-17(13)9-11-4-3-10(8-15)7-12(11)14/h3-7H,2,9H2,1H3. The number of halogens is 1. The van der Waals surface area contributed by atoms with Crippen molar-refractivity contribution in [3.05, 3.63) is 52.6 Å². The van der Waals surface area contributed by atoms with E-state index in [1.807, 2.05) is 12.3 Å². The van der Waals surface area contributed by atoms with Crippen molar-refractivity contribution in [3.63, 3.8) is 0 Å². The molecular weight excluding hydrogens is 234 g/mol. The topological polar surface area (TPSA) is 41.6 Å². The first-order valence-corrected chi connectivity index (χ1v) is 5.81. The number of aromatic nitrogens is 2. The van der Waals surface area contributed by atoms with Gasteiger partial charge in [-0.15, -0.1) is 0 Å². The molecule has 0 spiro atoms. The molecule has 4 heteroatoms. The summed E-state index contributed by atoms with van der Waals surface area (Å²) in [6, 6.07) is 7.44. The predicted octanol–water partition coefficient (Wildman–Crippen LogP) is 3.02. The highest BCUT2D eigenvalue weighted by Gasteiger charge is 2.05. The summed E-state index contributed by atoms with van der Waals surface area (Å²) < 4.78 is 2.06. The van der Waals surface area contributed by atoms with Crippen molar-refractivity contribution in [2.45, 2.75) is 19.9 Å². The summed E-state index contributed by atoms with van der Waals surface area (Å²) in [6.07, 6.45) is 4.62. The zero-order valence-corrected chi connectivity index (χ0v) is 10.3. The number of hydrogen-bond acceptors (Lipinski definition) is 2. The molecule has 0 amide bonds. The first-order chi connectivity index (χ1) is 8.24. The average molecular weight is 246 g/mol. The fourth-order valence-corrected chi connectivity index (χ4v) is 1.97. The van der Waals surface area contributed by atoms with E-state index in [-0.39, 0.29) is 0 Å². The number of nitriles is 1. The number of hydrogen-bond donors (Lipinski definition) is 0. The Morgan fingerprint density at radius 2 is 2.29 bits per heavy atom. The van der Waals surface area contributed by atoms with Gasteiger partial charge in [-0.25, -0.2) is 4.98 Å². The minimum Gasteiger partial charge on any atom is -0.330 e. The van der Waals surface area contributed by atoms with E-state index in [1.165, 1.54) is 0 Å². The van der Waals surface area contributed by atoms with Gasteiger partial charge in [-0.1, -0.05) is 24.6 Å². The van der Waals surface area contributed by atoms with Gasteiger partial charge in [-0.2, -0.15) is 5.26 Å². The minimum atomic E-state index is 0.583. The summed E-state index contributed by atoms with van der Waals surface area (Å²) >= 11 is 6.14. The van der Waals surface area contributed by atoms with Gasteiger partial charge >= 0.3 is 0 Å². The Labute approximate surface area is 105 Å². The van der Waals surface area contributed by atoms with Crippen LogP contribution in [0.1, 0.15) is 23.9 Å². The summed E-state index contributed by atoms with van der Waals surface area (Å²) in [4.78, 5) is 4.26. The Bertz CT molecular complexity index is 566. The lowest BCUT2D eigenvalue weighted by Gasteiger charge is -2.08. The van der Waals surface area contributed by atoms with Crippen molar-refractivity contribution < 1.29 is 0 Å². The molecule has 2 rings (SSSR count). The number of benzene rings is 1. The SMILES string of the molecule is CCc1nccn1Cc1ccc(C#N)cc1Cl. The van der Waals surface area contributed by atoms with E-state index in [4.69, 9.17) is 16.9 Å². The predicted molar refractivity (Wildman–Crippen MR) is 66.9 cm³/mol. The molecule has 1 aromatic carbocycles. The van der Waals surface area contributed by atoms with E-state index in [2.05, 4.69) is 22.5 Å². The molecule has 0 radical (unpaired) electrons. The first kappa shape index (κ1) is 11.7.